The number of fused-ring (bicyclic) bond motifs is 2. The van der Waals surface area contributed by atoms with Gasteiger partial charge >= 0.3 is 0 Å². The van der Waals surface area contributed by atoms with Crippen molar-refractivity contribution in [2.75, 3.05) is 66.5 Å². The standard InChI is InChI=1S/C43H59N5O4/c1-28-37-23-33(43(37,2)3)24-38(28)45-42(50)39-27-52-18-17-48(39)25-30-15-12-16-36(40(30)51-8)31-20-32(22-35(21-31)47(6)7)41(49)44-34(26-46(4)5)19-29-13-10-9-11-14-29/h9-16,20-22,28,33-34,37-39H,17-19,23-27H2,1-8H3,(H,44,49)(H,45,50)/t28-,33+,34-,37-,38-,39-/m0/s1. The van der Waals surface area contributed by atoms with Crippen LogP contribution in [0.2, 0.25) is 0 Å². The van der Waals surface area contributed by atoms with Crippen molar-refractivity contribution in [3.63, 3.8) is 0 Å². The van der Waals surface area contributed by atoms with Gasteiger partial charge in [-0.25, -0.2) is 0 Å². The van der Waals surface area contributed by atoms with E-state index in [2.05, 4.69) is 65.5 Å². The SMILES string of the molecule is COc1c(CN2CCOC[C@H]2C(=O)N[C@H]2C[C@H]3C[C@@H]([C@@H]2C)C3(C)C)cccc1-c1cc(C(=O)N[C@@H](Cc2ccccc2)CN(C)C)cc(N(C)C)c1. The number of morpholine rings is 1. The van der Waals surface area contributed by atoms with Crippen LogP contribution in [0.15, 0.2) is 66.7 Å². The summed E-state index contributed by atoms with van der Waals surface area (Å²) in [6.07, 6.45) is 3.07. The molecule has 4 fully saturated rings. The summed E-state index contributed by atoms with van der Waals surface area (Å²) >= 11 is 0. The number of carbonyl (C=O) groups is 2. The minimum Gasteiger partial charge on any atom is -0.496 e. The highest BCUT2D eigenvalue weighted by Crippen LogP contribution is 2.61. The number of ether oxygens (including phenoxy) is 2. The Bertz CT molecular complexity index is 1710. The molecular weight excluding hydrogens is 651 g/mol. The number of amides is 2. The molecular formula is C43H59N5O4. The van der Waals surface area contributed by atoms with Gasteiger partial charge in [0.25, 0.3) is 5.91 Å². The maximum Gasteiger partial charge on any atom is 0.251 e. The Balaban J connectivity index is 1.22. The summed E-state index contributed by atoms with van der Waals surface area (Å²) in [4.78, 5) is 34.2. The van der Waals surface area contributed by atoms with Gasteiger partial charge in [-0.2, -0.15) is 0 Å². The molecule has 2 N–H and O–H groups in total. The number of carbonyl (C=O) groups excluding carboxylic acids is 2. The lowest BCUT2D eigenvalue weighted by Gasteiger charge is -2.62. The molecule has 0 radical (unpaired) electrons. The predicted molar refractivity (Wildman–Crippen MR) is 209 cm³/mol. The van der Waals surface area contributed by atoms with E-state index in [4.69, 9.17) is 9.47 Å². The number of hydrogen-bond donors (Lipinski definition) is 2. The Morgan fingerprint density at radius 2 is 1.79 bits per heavy atom. The predicted octanol–water partition coefficient (Wildman–Crippen LogP) is 5.72. The molecule has 280 valence electrons. The van der Waals surface area contributed by atoms with Crippen molar-refractivity contribution >= 4 is 17.5 Å². The number of rotatable bonds is 13. The molecule has 3 aliphatic carbocycles. The Morgan fingerprint density at radius 3 is 2.46 bits per heavy atom. The van der Waals surface area contributed by atoms with Crippen molar-refractivity contribution in [1.82, 2.24) is 20.4 Å². The van der Waals surface area contributed by atoms with Crippen LogP contribution < -0.4 is 20.3 Å². The van der Waals surface area contributed by atoms with Crippen molar-refractivity contribution in [2.45, 2.75) is 64.7 Å². The van der Waals surface area contributed by atoms with Crippen LogP contribution in [-0.4, -0.2) is 101 Å². The number of nitrogens with zero attached hydrogens (tertiary/aromatic N) is 3. The van der Waals surface area contributed by atoms with Gasteiger partial charge in [-0.05, 0) is 85.9 Å². The summed E-state index contributed by atoms with van der Waals surface area (Å²) in [6.45, 7) is 9.95. The number of anilines is 1. The highest BCUT2D eigenvalue weighted by molar-refractivity contribution is 5.97. The number of hydrogen-bond acceptors (Lipinski definition) is 7. The van der Waals surface area contributed by atoms with Crippen LogP contribution in [0.3, 0.4) is 0 Å². The fraction of sp³-hybridized carbons (Fsp3) is 0.535. The summed E-state index contributed by atoms with van der Waals surface area (Å²) in [5.74, 6) is 2.49. The Kier molecular flexibility index (Phi) is 11.6. The number of methoxy groups -OCH3 is 1. The van der Waals surface area contributed by atoms with Crippen LogP contribution >= 0.6 is 0 Å². The van der Waals surface area contributed by atoms with Gasteiger partial charge in [0.2, 0.25) is 5.91 Å². The van der Waals surface area contributed by atoms with Gasteiger partial charge in [0.1, 0.15) is 11.8 Å². The van der Waals surface area contributed by atoms with Gasteiger partial charge in [-0.3, -0.25) is 14.5 Å². The van der Waals surface area contributed by atoms with Crippen molar-refractivity contribution < 1.29 is 19.1 Å². The van der Waals surface area contributed by atoms with Crippen LogP contribution in [-0.2, 0) is 22.5 Å². The maximum atomic E-state index is 13.9. The zero-order chi connectivity index (χ0) is 37.2. The first-order valence-corrected chi connectivity index (χ1v) is 19.0. The van der Waals surface area contributed by atoms with Gasteiger partial charge in [-0.1, -0.05) is 69.3 Å². The normalized spacial score (nSPS) is 24.4. The van der Waals surface area contributed by atoms with Crippen molar-refractivity contribution in [3.05, 3.63) is 83.4 Å². The van der Waals surface area contributed by atoms with Crippen molar-refractivity contribution in [2.24, 2.45) is 23.2 Å². The van der Waals surface area contributed by atoms with Crippen LogP contribution in [0.25, 0.3) is 11.1 Å². The van der Waals surface area contributed by atoms with Crippen LogP contribution in [0.4, 0.5) is 5.69 Å². The lowest BCUT2D eigenvalue weighted by Crippen LogP contribution is -2.63. The summed E-state index contributed by atoms with van der Waals surface area (Å²) < 4.78 is 12.0. The van der Waals surface area contributed by atoms with E-state index < -0.39 is 0 Å². The highest BCUT2D eigenvalue weighted by Gasteiger charge is 2.56. The number of likely N-dealkylation sites (N-methyl/N-ethyl adjacent to an activating group) is 1. The summed E-state index contributed by atoms with van der Waals surface area (Å²) in [7, 11) is 9.72. The fourth-order valence-corrected chi connectivity index (χ4v) is 9.01. The first kappa shape index (κ1) is 37.8. The average molecular weight is 710 g/mol. The van der Waals surface area contributed by atoms with Gasteiger partial charge in [0.15, 0.2) is 0 Å². The average Bonchev–Trinajstić information content (AvgIpc) is 3.12. The molecule has 3 saturated carbocycles. The topological polar surface area (TPSA) is 86.4 Å². The first-order chi connectivity index (χ1) is 24.8. The number of para-hydroxylation sites is 1. The third-order valence-corrected chi connectivity index (χ3v) is 12.2. The maximum absolute atomic E-state index is 13.9. The molecule has 9 nitrogen and oxygen atoms in total. The van der Waals surface area contributed by atoms with Crippen molar-refractivity contribution in [3.8, 4) is 16.9 Å². The van der Waals surface area contributed by atoms with Gasteiger partial charge in [0, 0.05) is 68.2 Å². The molecule has 2 bridgehead atoms. The second-order valence-electron chi connectivity index (χ2n) is 16.4. The highest BCUT2D eigenvalue weighted by atomic mass is 16.5. The smallest absolute Gasteiger partial charge is 0.251 e. The zero-order valence-electron chi connectivity index (χ0n) is 32.4. The quantitative estimate of drug-likeness (QED) is 0.235. The fourth-order valence-electron chi connectivity index (χ4n) is 9.01. The summed E-state index contributed by atoms with van der Waals surface area (Å²) in [5.41, 5.74) is 5.85. The minimum atomic E-state index is -0.376. The van der Waals surface area contributed by atoms with E-state index in [1.807, 2.05) is 75.6 Å². The monoisotopic (exact) mass is 709 g/mol. The molecule has 0 unspecified atom stereocenters. The Labute approximate surface area is 311 Å². The Morgan fingerprint density at radius 1 is 1.02 bits per heavy atom. The summed E-state index contributed by atoms with van der Waals surface area (Å²) in [6, 6.07) is 22.2. The second kappa shape index (κ2) is 16.0. The van der Waals surface area contributed by atoms with Gasteiger partial charge < -0.3 is 29.9 Å². The van der Waals surface area contributed by atoms with E-state index in [9.17, 15) is 9.59 Å². The third kappa shape index (κ3) is 8.17. The molecule has 3 aromatic carbocycles. The molecule has 52 heavy (non-hydrogen) atoms. The molecule has 7 rings (SSSR count). The van der Waals surface area contributed by atoms with Crippen molar-refractivity contribution in [1.29, 1.82) is 0 Å². The molecule has 0 aromatic heterocycles. The molecule has 0 spiro atoms. The third-order valence-electron chi connectivity index (χ3n) is 12.2. The van der Waals surface area contributed by atoms with E-state index in [1.165, 1.54) is 12.0 Å². The molecule has 4 aliphatic rings. The van der Waals surface area contributed by atoms with Crippen LogP contribution in [0.1, 0.15) is 55.1 Å². The Hall–Kier alpha value is -3.92. The molecule has 3 aromatic rings. The van der Waals surface area contributed by atoms with E-state index in [0.29, 0.717) is 55.0 Å². The van der Waals surface area contributed by atoms with Gasteiger partial charge in [-0.15, -0.1) is 0 Å². The van der Waals surface area contributed by atoms with E-state index in [1.54, 1.807) is 7.11 Å². The lowest BCUT2D eigenvalue weighted by atomic mass is 9.45. The first-order valence-electron chi connectivity index (χ1n) is 19.0. The molecule has 1 heterocycles. The lowest BCUT2D eigenvalue weighted by molar-refractivity contribution is -0.142. The van der Waals surface area contributed by atoms with E-state index in [-0.39, 0.29) is 29.9 Å². The van der Waals surface area contributed by atoms with E-state index >= 15 is 0 Å². The van der Waals surface area contributed by atoms with Crippen LogP contribution in [0, 0.1) is 23.2 Å². The molecule has 2 amide bonds. The van der Waals surface area contributed by atoms with Crippen LogP contribution in [0.5, 0.6) is 5.75 Å². The number of benzene rings is 3. The zero-order valence-corrected chi connectivity index (χ0v) is 32.4. The molecule has 9 heteroatoms. The molecule has 1 saturated heterocycles. The van der Waals surface area contributed by atoms with E-state index in [0.717, 1.165) is 47.5 Å². The second-order valence-corrected chi connectivity index (χ2v) is 16.4. The van der Waals surface area contributed by atoms with Gasteiger partial charge in [0.05, 0.1) is 20.3 Å². The number of nitrogens with one attached hydrogen (secondary N) is 2. The molecule has 1 aliphatic heterocycles. The largest absolute Gasteiger partial charge is 0.496 e. The summed E-state index contributed by atoms with van der Waals surface area (Å²) in [5, 5.41) is 6.77. The molecule has 6 atom stereocenters. The minimum absolute atomic E-state index is 0.0555.